The first kappa shape index (κ1) is 17.2. The van der Waals surface area contributed by atoms with E-state index in [1.165, 1.54) is 11.3 Å². The predicted molar refractivity (Wildman–Crippen MR) is 98.9 cm³/mol. The number of nitrogens with zero attached hydrogens (tertiary/aromatic N) is 2. The molecular weight excluding hydrogens is 398 g/mol. The van der Waals surface area contributed by atoms with Crippen LogP contribution in [0.15, 0.2) is 24.3 Å². The zero-order chi connectivity index (χ0) is 16.6. The van der Waals surface area contributed by atoms with E-state index < -0.39 is 0 Å². The van der Waals surface area contributed by atoms with Crippen molar-refractivity contribution in [3.05, 3.63) is 48.5 Å². The lowest BCUT2D eigenvalue weighted by atomic mass is 10.2. The summed E-state index contributed by atoms with van der Waals surface area (Å²) in [7, 11) is 0. The first-order valence-electron chi connectivity index (χ1n) is 6.89. The Morgan fingerprint density at radius 1 is 0.913 bits per heavy atom. The molecule has 0 atom stereocenters. The van der Waals surface area contributed by atoms with Crippen LogP contribution in [0.2, 0.25) is 19.4 Å². The molecule has 0 radical (unpaired) electrons. The summed E-state index contributed by atoms with van der Waals surface area (Å²) in [5.74, 6) is -0.0347. The molecule has 0 bridgehead atoms. The fourth-order valence-corrected chi connectivity index (χ4v) is 4.35. The fraction of sp³-hybridized carbons (Fsp3) is 0.267. The van der Waals surface area contributed by atoms with Crippen molar-refractivity contribution in [2.24, 2.45) is 0 Å². The van der Waals surface area contributed by atoms with Crippen molar-refractivity contribution in [1.82, 2.24) is 4.90 Å². The van der Waals surface area contributed by atoms with Crippen molar-refractivity contribution in [1.29, 1.82) is 0 Å². The van der Waals surface area contributed by atoms with Crippen molar-refractivity contribution >= 4 is 69.3 Å². The van der Waals surface area contributed by atoms with Crippen molar-refractivity contribution in [3.8, 4) is 0 Å². The zero-order valence-corrected chi connectivity index (χ0v) is 15.7. The molecule has 0 unspecified atom stereocenters. The molecule has 1 aromatic carbocycles. The average Bonchev–Trinajstić information content (AvgIpc) is 2.85. The van der Waals surface area contributed by atoms with Gasteiger partial charge < -0.3 is 9.80 Å². The number of amides is 1. The van der Waals surface area contributed by atoms with Gasteiger partial charge >= 0.3 is 0 Å². The number of carbonyl (C=O) groups excluding carboxylic acids is 1. The number of thiophene rings is 1. The van der Waals surface area contributed by atoms with Gasteiger partial charge in [0.25, 0.3) is 5.91 Å². The highest BCUT2D eigenvalue weighted by Crippen LogP contribution is 2.32. The lowest BCUT2D eigenvalue weighted by Crippen LogP contribution is -2.48. The van der Waals surface area contributed by atoms with E-state index in [1.54, 1.807) is 17.0 Å². The summed E-state index contributed by atoms with van der Waals surface area (Å²) < 4.78 is 0.447. The van der Waals surface area contributed by atoms with Gasteiger partial charge in [-0.05, 0) is 24.3 Å². The van der Waals surface area contributed by atoms with E-state index in [-0.39, 0.29) is 5.91 Å². The van der Waals surface area contributed by atoms with E-state index in [0.717, 1.165) is 18.8 Å². The number of carbonyl (C=O) groups is 1. The fourth-order valence-electron chi connectivity index (χ4n) is 2.50. The Labute approximate surface area is 158 Å². The van der Waals surface area contributed by atoms with Gasteiger partial charge in [0, 0.05) is 41.9 Å². The van der Waals surface area contributed by atoms with E-state index in [1.807, 2.05) is 12.1 Å². The minimum atomic E-state index is -0.0347. The molecule has 0 spiro atoms. The molecule has 1 amide bonds. The van der Waals surface area contributed by atoms with Gasteiger partial charge in [-0.15, -0.1) is 11.3 Å². The summed E-state index contributed by atoms with van der Waals surface area (Å²) >= 11 is 25.2. The highest BCUT2D eigenvalue weighted by atomic mass is 35.5. The van der Waals surface area contributed by atoms with Gasteiger partial charge in [0.15, 0.2) is 0 Å². The molecule has 1 aromatic heterocycles. The minimum absolute atomic E-state index is 0.0347. The SMILES string of the molecule is O=C(c1cc(Cl)c(Cl)s1)N1CCN(c2cc(Cl)cc(Cl)c2)CC1. The van der Waals surface area contributed by atoms with Crippen LogP contribution in [0, 0.1) is 0 Å². The molecule has 2 aromatic rings. The molecule has 122 valence electrons. The Hall–Kier alpha value is -0.650. The number of hydrogen-bond donors (Lipinski definition) is 0. The zero-order valence-electron chi connectivity index (χ0n) is 11.9. The van der Waals surface area contributed by atoms with Crippen molar-refractivity contribution in [2.75, 3.05) is 31.1 Å². The maximum atomic E-state index is 12.5. The maximum Gasteiger partial charge on any atom is 0.264 e. The first-order chi connectivity index (χ1) is 10.9. The van der Waals surface area contributed by atoms with E-state index in [2.05, 4.69) is 4.90 Å². The Bertz CT molecular complexity index is 701. The van der Waals surface area contributed by atoms with E-state index in [0.29, 0.717) is 37.4 Å². The highest BCUT2D eigenvalue weighted by molar-refractivity contribution is 7.18. The highest BCUT2D eigenvalue weighted by Gasteiger charge is 2.24. The van der Waals surface area contributed by atoms with Gasteiger partial charge in [0.05, 0.1) is 9.90 Å². The van der Waals surface area contributed by atoms with Crippen LogP contribution in [0.1, 0.15) is 9.67 Å². The molecule has 0 N–H and O–H groups in total. The second kappa shape index (κ2) is 7.08. The Kier molecular flexibility index (Phi) is 5.29. The first-order valence-corrected chi connectivity index (χ1v) is 9.22. The maximum absolute atomic E-state index is 12.5. The standard InChI is InChI=1S/C15H12Cl4N2OS/c16-9-5-10(17)7-11(6-9)20-1-3-21(4-2-20)15(22)13-8-12(18)14(19)23-13/h5-8H,1-4H2. The third kappa shape index (κ3) is 3.89. The third-order valence-corrected chi connectivity index (χ3v) is 5.93. The summed E-state index contributed by atoms with van der Waals surface area (Å²) in [6.07, 6.45) is 0. The van der Waals surface area contributed by atoms with Gasteiger partial charge in [-0.1, -0.05) is 46.4 Å². The topological polar surface area (TPSA) is 23.6 Å². The third-order valence-electron chi connectivity index (χ3n) is 3.64. The van der Waals surface area contributed by atoms with Crippen molar-refractivity contribution < 1.29 is 4.79 Å². The molecule has 1 aliphatic rings. The molecule has 0 aliphatic carbocycles. The van der Waals surface area contributed by atoms with Crippen molar-refractivity contribution in [3.63, 3.8) is 0 Å². The second-order valence-corrected chi connectivity index (χ2v) is 8.07. The Balaban J connectivity index is 1.67. The molecule has 23 heavy (non-hydrogen) atoms. The van der Waals surface area contributed by atoms with E-state index >= 15 is 0 Å². The lowest BCUT2D eigenvalue weighted by Gasteiger charge is -2.36. The predicted octanol–water partition coefficient (Wildman–Crippen LogP) is 5.32. The Morgan fingerprint density at radius 2 is 1.52 bits per heavy atom. The van der Waals surface area contributed by atoms with Crippen LogP contribution in [0.5, 0.6) is 0 Å². The summed E-state index contributed by atoms with van der Waals surface area (Å²) in [5, 5.41) is 1.63. The number of rotatable bonds is 2. The number of hydrogen-bond acceptors (Lipinski definition) is 3. The minimum Gasteiger partial charge on any atom is -0.368 e. The monoisotopic (exact) mass is 408 g/mol. The number of anilines is 1. The van der Waals surface area contributed by atoms with Crippen LogP contribution in [0.3, 0.4) is 0 Å². The van der Waals surface area contributed by atoms with E-state index in [9.17, 15) is 4.79 Å². The summed E-state index contributed by atoms with van der Waals surface area (Å²) in [4.78, 5) is 17.0. The second-order valence-electron chi connectivity index (χ2n) is 5.14. The molecule has 0 saturated carbocycles. The smallest absolute Gasteiger partial charge is 0.264 e. The van der Waals surface area contributed by atoms with Crippen LogP contribution >= 0.6 is 57.7 Å². The molecule has 2 heterocycles. The van der Waals surface area contributed by atoms with Crippen LogP contribution in [-0.4, -0.2) is 37.0 Å². The Morgan fingerprint density at radius 3 is 2.04 bits per heavy atom. The number of piperazine rings is 1. The van der Waals surface area contributed by atoms with Gasteiger partial charge in [0.1, 0.15) is 4.34 Å². The van der Waals surface area contributed by atoms with Crippen LogP contribution in [0.25, 0.3) is 0 Å². The van der Waals surface area contributed by atoms with Gasteiger partial charge in [-0.25, -0.2) is 0 Å². The largest absolute Gasteiger partial charge is 0.368 e. The molecule has 3 rings (SSSR count). The summed E-state index contributed by atoms with van der Waals surface area (Å²) in [6, 6.07) is 7.09. The van der Waals surface area contributed by atoms with Gasteiger partial charge in [-0.2, -0.15) is 0 Å². The molecule has 1 fully saturated rings. The lowest BCUT2D eigenvalue weighted by molar-refractivity contribution is 0.0751. The van der Waals surface area contributed by atoms with Crippen molar-refractivity contribution in [2.45, 2.75) is 0 Å². The average molecular weight is 410 g/mol. The van der Waals surface area contributed by atoms with Crippen LogP contribution < -0.4 is 4.90 Å². The summed E-state index contributed by atoms with van der Waals surface area (Å²) in [5.41, 5.74) is 0.969. The quantitative estimate of drug-likeness (QED) is 0.669. The molecule has 1 aliphatic heterocycles. The molecule has 3 nitrogen and oxygen atoms in total. The summed E-state index contributed by atoms with van der Waals surface area (Å²) in [6.45, 7) is 2.68. The van der Waals surface area contributed by atoms with E-state index in [4.69, 9.17) is 46.4 Å². The van der Waals surface area contributed by atoms with Gasteiger partial charge in [-0.3, -0.25) is 4.79 Å². The van der Waals surface area contributed by atoms with Gasteiger partial charge in [0.2, 0.25) is 0 Å². The molecule has 8 heteroatoms. The van der Waals surface area contributed by atoms with Crippen LogP contribution in [-0.2, 0) is 0 Å². The molecular formula is C15H12Cl4N2OS. The normalized spacial score (nSPS) is 15.1. The molecule has 1 saturated heterocycles. The number of benzene rings is 1. The number of halogens is 4. The van der Waals surface area contributed by atoms with Crippen LogP contribution in [0.4, 0.5) is 5.69 Å².